The fraction of sp³-hybridized carbons (Fsp3) is 0.200. The van der Waals surface area contributed by atoms with Crippen LogP contribution in [0.2, 0.25) is 0 Å². The third-order valence-electron chi connectivity index (χ3n) is 2.79. The first-order valence-corrected chi connectivity index (χ1v) is 7.47. The highest BCUT2D eigenvalue weighted by molar-refractivity contribution is 9.10. The average Bonchev–Trinajstić information content (AvgIpc) is 2.35. The molecule has 2 aromatic carbocycles. The molecule has 0 bridgehead atoms. The van der Waals surface area contributed by atoms with Gasteiger partial charge in [0.1, 0.15) is 11.5 Å². The fourth-order valence-corrected chi connectivity index (χ4v) is 2.46. The molecule has 0 aliphatic rings. The maximum absolute atomic E-state index is 9.82. The maximum atomic E-state index is 9.82. The van der Waals surface area contributed by atoms with Crippen molar-refractivity contribution in [3.63, 3.8) is 0 Å². The molecule has 19 heavy (non-hydrogen) atoms. The molecular weight excluding hydrogens is 372 g/mol. The smallest absolute Gasteiger partial charge is 0.133 e. The molecule has 4 heteroatoms. The van der Waals surface area contributed by atoms with Gasteiger partial charge in [-0.15, -0.1) is 0 Å². The van der Waals surface area contributed by atoms with Crippen LogP contribution in [0.25, 0.3) is 0 Å². The van der Waals surface area contributed by atoms with Gasteiger partial charge in [-0.05, 0) is 49.7 Å². The summed E-state index contributed by atoms with van der Waals surface area (Å²) in [6, 6.07) is 11.5. The number of halogens is 2. The summed E-state index contributed by atoms with van der Waals surface area (Å²) in [6.45, 7) is 3.71. The van der Waals surface area contributed by atoms with Crippen LogP contribution in [0.3, 0.4) is 0 Å². The highest BCUT2D eigenvalue weighted by atomic mass is 79.9. The van der Waals surface area contributed by atoms with E-state index in [0.29, 0.717) is 5.75 Å². The first kappa shape index (κ1) is 14.6. The Hall–Kier alpha value is -0.840. The van der Waals surface area contributed by atoms with E-state index in [2.05, 4.69) is 31.9 Å². The van der Waals surface area contributed by atoms with Gasteiger partial charge >= 0.3 is 0 Å². The lowest BCUT2D eigenvalue weighted by atomic mass is 10.1. The highest BCUT2D eigenvalue weighted by Crippen LogP contribution is 2.34. The summed E-state index contributed by atoms with van der Waals surface area (Å²) in [5.41, 5.74) is 1.80. The van der Waals surface area contributed by atoms with Crippen molar-refractivity contribution in [1.82, 2.24) is 0 Å². The van der Waals surface area contributed by atoms with E-state index in [-0.39, 0.29) is 0 Å². The van der Waals surface area contributed by atoms with Crippen LogP contribution in [0.15, 0.2) is 45.3 Å². The molecule has 0 amide bonds. The van der Waals surface area contributed by atoms with E-state index in [0.717, 1.165) is 25.8 Å². The zero-order valence-electron chi connectivity index (χ0n) is 10.7. The third-order valence-corrected chi connectivity index (χ3v) is 3.78. The Balaban J connectivity index is 2.40. The van der Waals surface area contributed by atoms with Crippen molar-refractivity contribution in [1.29, 1.82) is 0 Å². The molecule has 2 rings (SSSR count). The Morgan fingerprint density at radius 1 is 1.00 bits per heavy atom. The minimum absolute atomic E-state index is 0.583. The van der Waals surface area contributed by atoms with E-state index >= 15 is 0 Å². The molecule has 0 radical (unpaired) electrons. The lowest BCUT2D eigenvalue weighted by molar-refractivity contribution is 0.195. The van der Waals surface area contributed by atoms with Crippen molar-refractivity contribution in [2.24, 2.45) is 0 Å². The molecule has 0 spiro atoms. The second-order valence-corrected chi connectivity index (χ2v) is 6.20. The summed E-state index contributed by atoms with van der Waals surface area (Å²) in [6.07, 6.45) is -0.583. The number of aryl methyl sites for hydroxylation is 1. The van der Waals surface area contributed by atoms with Crippen LogP contribution in [0.5, 0.6) is 11.5 Å². The molecule has 1 N–H and O–H groups in total. The molecule has 0 saturated carbocycles. The summed E-state index contributed by atoms with van der Waals surface area (Å²) in [7, 11) is 0. The van der Waals surface area contributed by atoms with Gasteiger partial charge in [0.2, 0.25) is 0 Å². The van der Waals surface area contributed by atoms with Crippen molar-refractivity contribution in [3.8, 4) is 11.5 Å². The lowest BCUT2D eigenvalue weighted by Gasteiger charge is -2.15. The topological polar surface area (TPSA) is 29.5 Å². The molecule has 0 aliphatic heterocycles. The summed E-state index contributed by atoms with van der Waals surface area (Å²) < 4.78 is 7.81. The third kappa shape index (κ3) is 3.59. The Bertz CT molecular complexity index is 595. The van der Waals surface area contributed by atoms with Crippen molar-refractivity contribution in [2.45, 2.75) is 20.0 Å². The van der Waals surface area contributed by atoms with Crippen LogP contribution in [0.1, 0.15) is 24.2 Å². The summed E-state index contributed by atoms with van der Waals surface area (Å²) in [4.78, 5) is 0. The van der Waals surface area contributed by atoms with Crippen LogP contribution >= 0.6 is 31.9 Å². The van der Waals surface area contributed by atoms with Gasteiger partial charge in [-0.25, -0.2) is 0 Å². The van der Waals surface area contributed by atoms with E-state index in [1.165, 1.54) is 0 Å². The Morgan fingerprint density at radius 2 is 1.63 bits per heavy atom. The van der Waals surface area contributed by atoms with E-state index in [1.807, 2.05) is 43.3 Å². The minimum Gasteiger partial charge on any atom is -0.457 e. The normalized spacial score (nSPS) is 12.3. The number of ether oxygens (including phenoxy) is 1. The highest BCUT2D eigenvalue weighted by Gasteiger charge is 2.12. The van der Waals surface area contributed by atoms with Gasteiger partial charge in [-0.2, -0.15) is 0 Å². The van der Waals surface area contributed by atoms with E-state index in [9.17, 15) is 5.11 Å². The number of aliphatic hydroxyl groups excluding tert-OH is 1. The van der Waals surface area contributed by atoms with E-state index in [1.54, 1.807) is 6.92 Å². The van der Waals surface area contributed by atoms with Crippen LogP contribution in [-0.2, 0) is 0 Å². The van der Waals surface area contributed by atoms with Crippen molar-refractivity contribution in [2.75, 3.05) is 0 Å². The fourth-order valence-electron chi connectivity index (χ4n) is 1.74. The molecule has 1 atom stereocenters. The second-order valence-electron chi connectivity index (χ2n) is 4.37. The predicted molar refractivity (Wildman–Crippen MR) is 83.7 cm³/mol. The number of aliphatic hydroxyl groups is 1. The Kier molecular flexibility index (Phi) is 4.66. The van der Waals surface area contributed by atoms with Gasteiger partial charge in [0.05, 0.1) is 6.10 Å². The summed E-state index contributed by atoms with van der Waals surface area (Å²) >= 11 is 6.83. The predicted octanol–water partition coefficient (Wildman–Crippen LogP) is 5.37. The van der Waals surface area contributed by atoms with Crippen LogP contribution in [0, 0.1) is 6.92 Å². The second kappa shape index (κ2) is 6.07. The SMILES string of the molecule is Cc1ccc(Br)cc1Oc1ccc(Br)cc1C(C)O. The molecule has 2 aromatic rings. The zero-order valence-corrected chi connectivity index (χ0v) is 13.8. The van der Waals surface area contributed by atoms with Crippen molar-refractivity contribution < 1.29 is 9.84 Å². The van der Waals surface area contributed by atoms with Gasteiger partial charge in [0, 0.05) is 14.5 Å². The molecule has 0 saturated heterocycles. The molecule has 0 aromatic heterocycles. The number of benzene rings is 2. The summed E-state index contributed by atoms with van der Waals surface area (Å²) in [5.74, 6) is 1.44. The first-order valence-electron chi connectivity index (χ1n) is 5.89. The van der Waals surface area contributed by atoms with E-state index < -0.39 is 6.10 Å². The quantitative estimate of drug-likeness (QED) is 0.769. The molecule has 100 valence electrons. The maximum Gasteiger partial charge on any atom is 0.133 e. The monoisotopic (exact) mass is 384 g/mol. The average molecular weight is 386 g/mol. The van der Waals surface area contributed by atoms with Crippen LogP contribution in [-0.4, -0.2) is 5.11 Å². The number of hydrogen-bond acceptors (Lipinski definition) is 2. The van der Waals surface area contributed by atoms with Gasteiger partial charge in [-0.1, -0.05) is 37.9 Å². The molecule has 1 unspecified atom stereocenters. The van der Waals surface area contributed by atoms with Gasteiger partial charge in [0.15, 0.2) is 0 Å². The largest absolute Gasteiger partial charge is 0.457 e. The minimum atomic E-state index is -0.583. The molecule has 0 aliphatic carbocycles. The zero-order chi connectivity index (χ0) is 14.0. The number of hydrogen-bond donors (Lipinski definition) is 1. The Morgan fingerprint density at radius 3 is 2.32 bits per heavy atom. The molecule has 0 heterocycles. The van der Waals surface area contributed by atoms with Gasteiger partial charge < -0.3 is 9.84 Å². The van der Waals surface area contributed by atoms with Gasteiger partial charge in [0.25, 0.3) is 0 Å². The number of rotatable bonds is 3. The Labute approximate surface area is 129 Å². The standard InChI is InChI=1S/C15H14Br2O2/c1-9-3-4-12(17)8-15(9)19-14-6-5-11(16)7-13(14)10(2)18/h3-8,10,18H,1-2H3. The van der Waals surface area contributed by atoms with Crippen LogP contribution in [0.4, 0.5) is 0 Å². The van der Waals surface area contributed by atoms with Gasteiger partial charge in [-0.3, -0.25) is 0 Å². The lowest BCUT2D eigenvalue weighted by Crippen LogP contribution is -1.97. The first-order chi connectivity index (χ1) is 8.97. The molecular formula is C15H14Br2O2. The molecule has 0 fully saturated rings. The van der Waals surface area contributed by atoms with Crippen LogP contribution < -0.4 is 4.74 Å². The van der Waals surface area contributed by atoms with E-state index in [4.69, 9.17) is 4.74 Å². The summed E-state index contributed by atoms with van der Waals surface area (Å²) in [5, 5.41) is 9.82. The van der Waals surface area contributed by atoms with Crippen molar-refractivity contribution in [3.05, 3.63) is 56.5 Å². The molecule has 2 nitrogen and oxygen atoms in total. The van der Waals surface area contributed by atoms with Crippen molar-refractivity contribution >= 4 is 31.9 Å².